The number of nitrogens with one attached hydrogen (secondary N) is 1. The summed E-state index contributed by atoms with van der Waals surface area (Å²) in [6, 6.07) is 11.4. The Morgan fingerprint density at radius 1 is 1.17 bits per heavy atom. The summed E-state index contributed by atoms with van der Waals surface area (Å²) in [5.74, 6) is 1.90. The fourth-order valence-electron chi connectivity index (χ4n) is 4.12. The van der Waals surface area contributed by atoms with Gasteiger partial charge in [0.2, 0.25) is 0 Å². The van der Waals surface area contributed by atoms with E-state index in [2.05, 4.69) is 62.5 Å². The van der Waals surface area contributed by atoms with Gasteiger partial charge >= 0.3 is 0 Å². The number of halogens is 1. The maximum Gasteiger partial charge on any atom is 0.193 e. The summed E-state index contributed by atoms with van der Waals surface area (Å²) in [7, 11) is 1.86. The predicted octanol–water partition coefficient (Wildman–Crippen LogP) is 3.80. The zero-order chi connectivity index (χ0) is 19.9. The van der Waals surface area contributed by atoms with Gasteiger partial charge in [-0.25, -0.2) is 0 Å². The van der Waals surface area contributed by atoms with Crippen LogP contribution in [0.3, 0.4) is 0 Å². The molecule has 0 amide bonds. The maximum absolute atomic E-state index is 5.25. The average Bonchev–Trinajstić information content (AvgIpc) is 3.05. The molecule has 6 nitrogen and oxygen atoms in total. The number of guanidine groups is 1. The molecule has 1 aliphatic heterocycles. The van der Waals surface area contributed by atoms with Gasteiger partial charge in [0.25, 0.3) is 0 Å². The second kappa shape index (κ2) is 11.5. The minimum absolute atomic E-state index is 0. The minimum Gasteiger partial charge on any atom is -0.361 e. The van der Waals surface area contributed by atoms with Gasteiger partial charge in [0.15, 0.2) is 5.96 Å². The second-order valence-electron chi connectivity index (χ2n) is 7.38. The Labute approximate surface area is 191 Å². The Bertz CT molecular complexity index is 749. The zero-order valence-electron chi connectivity index (χ0n) is 18.0. The van der Waals surface area contributed by atoms with Crippen molar-refractivity contribution in [2.45, 2.75) is 39.7 Å². The topological polar surface area (TPSA) is 56.9 Å². The Hall–Kier alpha value is -1.61. The van der Waals surface area contributed by atoms with Crippen molar-refractivity contribution in [3.63, 3.8) is 0 Å². The van der Waals surface area contributed by atoms with E-state index in [1.807, 2.05) is 20.9 Å². The molecule has 160 valence electrons. The van der Waals surface area contributed by atoms with Gasteiger partial charge in [-0.1, -0.05) is 42.4 Å². The van der Waals surface area contributed by atoms with Crippen molar-refractivity contribution in [3.8, 4) is 0 Å². The highest BCUT2D eigenvalue weighted by Crippen LogP contribution is 2.25. The Balaban J connectivity index is 0.00000300. The van der Waals surface area contributed by atoms with E-state index in [1.54, 1.807) is 0 Å². The highest BCUT2D eigenvalue weighted by atomic mass is 127. The molecule has 3 rings (SSSR count). The standard InChI is InChI=1S/C22H33N5O.HI/c1-5-21(19-9-7-6-8-10-19)26-13-15-27(16-14-26)22(23-4)24-12-11-20-17(2)25-28-18(20)3;/h6-10,21H,5,11-16H2,1-4H3,(H,23,24);1H. The normalized spacial score (nSPS) is 16.4. The second-order valence-corrected chi connectivity index (χ2v) is 7.38. The molecule has 1 N–H and O–H groups in total. The van der Waals surface area contributed by atoms with E-state index in [1.165, 1.54) is 11.1 Å². The van der Waals surface area contributed by atoms with Crippen LogP contribution in [-0.2, 0) is 6.42 Å². The summed E-state index contributed by atoms with van der Waals surface area (Å²) in [5.41, 5.74) is 3.59. The van der Waals surface area contributed by atoms with Crippen molar-refractivity contribution in [2.24, 2.45) is 4.99 Å². The van der Waals surface area contributed by atoms with E-state index >= 15 is 0 Å². The number of aromatic nitrogens is 1. The van der Waals surface area contributed by atoms with Crippen LogP contribution in [0.1, 0.15) is 42.0 Å². The molecule has 2 aromatic rings. The summed E-state index contributed by atoms with van der Waals surface area (Å²) in [5, 5.41) is 7.54. The first-order chi connectivity index (χ1) is 13.6. The third-order valence-corrected chi connectivity index (χ3v) is 5.68. The highest BCUT2D eigenvalue weighted by molar-refractivity contribution is 14.0. The van der Waals surface area contributed by atoms with Gasteiger partial charge in [0.1, 0.15) is 5.76 Å². The van der Waals surface area contributed by atoms with Crippen molar-refractivity contribution in [1.82, 2.24) is 20.3 Å². The molecular formula is C22H34IN5O. The van der Waals surface area contributed by atoms with Crippen molar-refractivity contribution >= 4 is 29.9 Å². The molecule has 1 fully saturated rings. The molecule has 1 aromatic carbocycles. The number of aryl methyl sites for hydroxylation is 2. The van der Waals surface area contributed by atoms with E-state index in [-0.39, 0.29) is 24.0 Å². The lowest BCUT2D eigenvalue weighted by molar-refractivity contribution is 0.127. The molecule has 1 atom stereocenters. The molecular weight excluding hydrogens is 477 g/mol. The maximum atomic E-state index is 5.25. The number of nitrogens with zero attached hydrogens (tertiary/aromatic N) is 4. The van der Waals surface area contributed by atoms with Gasteiger partial charge in [-0.05, 0) is 32.3 Å². The van der Waals surface area contributed by atoms with Crippen LogP contribution in [0, 0.1) is 13.8 Å². The van der Waals surface area contributed by atoms with Crippen LogP contribution in [0.25, 0.3) is 0 Å². The molecule has 1 aliphatic rings. The van der Waals surface area contributed by atoms with Gasteiger partial charge in [-0.3, -0.25) is 9.89 Å². The van der Waals surface area contributed by atoms with Crippen molar-refractivity contribution < 1.29 is 4.52 Å². The fourth-order valence-corrected chi connectivity index (χ4v) is 4.12. The molecule has 1 unspecified atom stereocenters. The smallest absolute Gasteiger partial charge is 0.193 e. The largest absolute Gasteiger partial charge is 0.361 e. The fraction of sp³-hybridized carbons (Fsp3) is 0.545. The lowest BCUT2D eigenvalue weighted by atomic mass is 10.0. The third kappa shape index (κ3) is 5.94. The first-order valence-electron chi connectivity index (χ1n) is 10.3. The number of hydrogen-bond donors (Lipinski definition) is 1. The SMILES string of the molecule is CCC(c1ccccc1)N1CCN(C(=NC)NCCc2c(C)noc2C)CC1.I. The van der Waals surface area contributed by atoms with Crippen molar-refractivity contribution in [2.75, 3.05) is 39.8 Å². The number of piperazine rings is 1. The van der Waals surface area contributed by atoms with Crippen molar-refractivity contribution in [1.29, 1.82) is 0 Å². The molecule has 0 aliphatic carbocycles. The lowest BCUT2D eigenvalue weighted by Gasteiger charge is -2.40. The molecule has 29 heavy (non-hydrogen) atoms. The van der Waals surface area contributed by atoms with E-state index in [0.717, 1.165) is 63.0 Å². The number of aliphatic imine (C=N–C) groups is 1. The van der Waals surface area contributed by atoms with Crippen LogP contribution in [0.15, 0.2) is 39.8 Å². The molecule has 7 heteroatoms. The van der Waals surface area contributed by atoms with Gasteiger partial charge in [0, 0.05) is 51.4 Å². The highest BCUT2D eigenvalue weighted by Gasteiger charge is 2.25. The van der Waals surface area contributed by atoms with Gasteiger partial charge < -0.3 is 14.7 Å². The van der Waals surface area contributed by atoms with E-state index in [0.29, 0.717) is 6.04 Å². The molecule has 2 heterocycles. The molecule has 1 aromatic heterocycles. The summed E-state index contributed by atoms with van der Waals surface area (Å²) < 4.78 is 5.25. The number of benzene rings is 1. The van der Waals surface area contributed by atoms with Crippen LogP contribution in [-0.4, -0.2) is 60.7 Å². The number of hydrogen-bond acceptors (Lipinski definition) is 4. The Morgan fingerprint density at radius 3 is 2.41 bits per heavy atom. The first kappa shape index (κ1) is 23.7. The Morgan fingerprint density at radius 2 is 1.86 bits per heavy atom. The van der Waals surface area contributed by atoms with Crippen LogP contribution >= 0.6 is 24.0 Å². The molecule has 0 bridgehead atoms. The molecule has 0 spiro atoms. The molecule has 1 saturated heterocycles. The van der Waals surface area contributed by atoms with Gasteiger partial charge in [-0.15, -0.1) is 24.0 Å². The lowest BCUT2D eigenvalue weighted by Crippen LogP contribution is -2.53. The van der Waals surface area contributed by atoms with Crippen LogP contribution in [0.5, 0.6) is 0 Å². The van der Waals surface area contributed by atoms with Gasteiger partial charge in [-0.2, -0.15) is 0 Å². The summed E-state index contributed by atoms with van der Waals surface area (Å²) in [4.78, 5) is 9.46. The van der Waals surface area contributed by atoms with E-state index in [4.69, 9.17) is 4.52 Å². The van der Waals surface area contributed by atoms with Crippen LogP contribution < -0.4 is 5.32 Å². The monoisotopic (exact) mass is 511 g/mol. The summed E-state index contributed by atoms with van der Waals surface area (Å²) in [6.07, 6.45) is 2.03. The van der Waals surface area contributed by atoms with Crippen molar-refractivity contribution in [3.05, 3.63) is 52.9 Å². The van der Waals surface area contributed by atoms with E-state index < -0.39 is 0 Å². The van der Waals surface area contributed by atoms with Gasteiger partial charge in [0.05, 0.1) is 5.69 Å². The zero-order valence-corrected chi connectivity index (χ0v) is 20.3. The van der Waals surface area contributed by atoms with Crippen LogP contribution in [0.4, 0.5) is 0 Å². The average molecular weight is 511 g/mol. The summed E-state index contributed by atoms with van der Waals surface area (Å²) >= 11 is 0. The van der Waals surface area contributed by atoms with Crippen LogP contribution in [0.2, 0.25) is 0 Å². The predicted molar refractivity (Wildman–Crippen MR) is 129 cm³/mol. The summed E-state index contributed by atoms with van der Waals surface area (Å²) in [6.45, 7) is 11.2. The van der Waals surface area contributed by atoms with E-state index in [9.17, 15) is 0 Å². The number of rotatable bonds is 6. The third-order valence-electron chi connectivity index (χ3n) is 5.68. The quantitative estimate of drug-likeness (QED) is 0.364. The first-order valence-corrected chi connectivity index (χ1v) is 10.3. The minimum atomic E-state index is 0. The molecule has 0 saturated carbocycles. The molecule has 0 radical (unpaired) electrons. The Kier molecular flexibility index (Phi) is 9.42.